The Morgan fingerprint density at radius 1 is 1.33 bits per heavy atom. The van der Waals surface area contributed by atoms with Gasteiger partial charge in [-0.05, 0) is 35.4 Å². The molecule has 0 aliphatic carbocycles. The fraction of sp³-hybridized carbons (Fsp3) is 0.412. The zero-order valence-electron chi connectivity index (χ0n) is 12.2. The Hall–Kier alpha value is -1.10. The third-order valence-electron chi connectivity index (χ3n) is 4.13. The molecule has 1 fully saturated rings. The number of phenolic OH excluding ortho intramolecular Hbond substituents is 1. The van der Waals surface area contributed by atoms with Crippen LogP contribution in [0.15, 0.2) is 34.8 Å². The molecule has 0 aromatic heterocycles. The first kappa shape index (κ1) is 14.8. The van der Waals surface area contributed by atoms with Crippen LogP contribution in [0.5, 0.6) is 5.75 Å². The van der Waals surface area contributed by atoms with Crippen LogP contribution in [0.25, 0.3) is 10.8 Å². The lowest BCUT2D eigenvalue weighted by molar-refractivity contribution is -0.0325. The second-order valence-corrected chi connectivity index (χ2v) is 6.48. The van der Waals surface area contributed by atoms with Crippen LogP contribution in [0.1, 0.15) is 18.9 Å². The van der Waals surface area contributed by atoms with Crippen molar-refractivity contribution in [2.45, 2.75) is 26.0 Å². The molecule has 4 heteroatoms. The molecule has 3 nitrogen and oxygen atoms in total. The van der Waals surface area contributed by atoms with Crippen molar-refractivity contribution in [2.75, 3.05) is 19.7 Å². The summed E-state index contributed by atoms with van der Waals surface area (Å²) in [5, 5.41) is 12.5. The van der Waals surface area contributed by atoms with Gasteiger partial charge in [0.1, 0.15) is 5.75 Å². The van der Waals surface area contributed by atoms with E-state index in [0.717, 1.165) is 53.5 Å². The maximum Gasteiger partial charge on any atom is 0.120 e. The van der Waals surface area contributed by atoms with Crippen LogP contribution in [-0.2, 0) is 11.3 Å². The first-order valence-corrected chi connectivity index (χ1v) is 8.20. The van der Waals surface area contributed by atoms with Gasteiger partial charge in [-0.1, -0.05) is 35.0 Å². The van der Waals surface area contributed by atoms with Crippen molar-refractivity contribution in [1.29, 1.82) is 0 Å². The van der Waals surface area contributed by atoms with Crippen molar-refractivity contribution in [1.82, 2.24) is 4.90 Å². The van der Waals surface area contributed by atoms with E-state index in [2.05, 4.69) is 39.9 Å². The molecule has 0 radical (unpaired) electrons. The van der Waals surface area contributed by atoms with Gasteiger partial charge in [0, 0.05) is 29.7 Å². The van der Waals surface area contributed by atoms with E-state index < -0.39 is 0 Å². The average Bonchev–Trinajstić information content (AvgIpc) is 2.50. The molecule has 1 aliphatic rings. The number of nitrogens with zero attached hydrogens (tertiary/aromatic N) is 1. The lowest BCUT2D eigenvalue weighted by atomic mass is 10.0. The molecular weight excluding hydrogens is 330 g/mol. The molecule has 1 aliphatic heterocycles. The number of morpholine rings is 1. The molecule has 3 rings (SSSR count). The van der Waals surface area contributed by atoms with Gasteiger partial charge in [-0.25, -0.2) is 0 Å². The SMILES string of the molecule is CC[C@H]1CN(Cc2c(O)ccc3cc(Br)ccc23)CCO1. The van der Waals surface area contributed by atoms with Crippen molar-refractivity contribution >= 4 is 26.7 Å². The van der Waals surface area contributed by atoms with Gasteiger partial charge in [0.15, 0.2) is 0 Å². The van der Waals surface area contributed by atoms with Crippen LogP contribution in [0.4, 0.5) is 0 Å². The van der Waals surface area contributed by atoms with E-state index in [1.165, 1.54) is 0 Å². The van der Waals surface area contributed by atoms with Crippen molar-refractivity contribution in [3.63, 3.8) is 0 Å². The van der Waals surface area contributed by atoms with E-state index in [0.29, 0.717) is 11.9 Å². The van der Waals surface area contributed by atoms with Crippen molar-refractivity contribution in [3.8, 4) is 5.75 Å². The lowest BCUT2D eigenvalue weighted by Crippen LogP contribution is -2.41. The smallest absolute Gasteiger partial charge is 0.120 e. The van der Waals surface area contributed by atoms with Crippen LogP contribution in [0.3, 0.4) is 0 Å². The van der Waals surface area contributed by atoms with E-state index in [1.54, 1.807) is 6.07 Å². The van der Waals surface area contributed by atoms with Crippen molar-refractivity contribution in [2.24, 2.45) is 0 Å². The fourth-order valence-corrected chi connectivity index (χ4v) is 3.29. The van der Waals surface area contributed by atoms with Gasteiger partial charge >= 0.3 is 0 Å². The van der Waals surface area contributed by atoms with Crippen molar-refractivity contribution < 1.29 is 9.84 Å². The van der Waals surface area contributed by atoms with Gasteiger partial charge in [0.05, 0.1) is 12.7 Å². The summed E-state index contributed by atoms with van der Waals surface area (Å²) >= 11 is 3.50. The van der Waals surface area contributed by atoms with Gasteiger partial charge < -0.3 is 9.84 Å². The highest BCUT2D eigenvalue weighted by Gasteiger charge is 2.20. The van der Waals surface area contributed by atoms with Crippen LogP contribution < -0.4 is 0 Å². The topological polar surface area (TPSA) is 32.7 Å². The number of hydrogen-bond donors (Lipinski definition) is 1. The molecule has 21 heavy (non-hydrogen) atoms. The highest BCUT2D eigenvalue weighted by Crippen LogP contribution is 2.30. The average molecular weight is 350 g/mol. The first-order valence-electron chi connectivity index (χ1n) is 7.41. The molecule has 112 valence electrons. The number of rotatable bonds is 3. The highest BCUT2D eigenvalue weighted by atomic mass is 79.9. The van der Waals surface area contributed by atoms with Gasteiger partial charge in [-0.2, -0.15) is 0 Å². The van der Waals surface area contributed by atoms with Crippen LogP contribution in [-0.4, -0.2) is 35.8 Å². The number of phenols is 1. The standard InChI is InChI=1S/C17H20BrNO2/c1-2-14-10-19(7-8-21-14)11-16-15-5-4-13(18)9-12(15)3-6-17(16)20/h3-6,9,14,20H,2,7-8,10-11H2,1H3/t14-/m0/s1. The molecule has 2 aromatic carbocycles. The monoisotopic (exact) mass is 349 g/mol. The highest BCUT2D eigenvalue weighted by molar-refractivity contribution is 9.10. The maximum atomic E-state index is 10.3. The predicted molar refractivity (Wildman–Crippen MR) is 88.6 cm³/mol. The Bertz CT molecular complexity index is 644. The van der Waals surface area contributed by atoms with Gasteiger partial charge in [0.2, 0.25) is 0 Å². The quantitative estimate of drug-likeness (QED) is 0.911. The van der Waals surface area contributed by atoms with E-state index in [-0.39, 0.29) is 0 Å². The molecule has 0 saturated carbocycles. The summed E-state index contributed by atoms with van der Waals surface area (Å²) in [4.78, 5) is 2.37. The van der Waals surface area contributed by atoms with E-state index >= 15 is 0 Å². The summed E-state index contributed by atoms with van der Waals surface area (Å²) in [5.41, 5.74) is 1.01. The summed E-state index contributed by atoms with van der Waals surface area (Å²) in [6.45, 7) is 5.55. The predicted octanol–water partition coefficient (Wildman–Crippen LogP) is 3.92. The minimum atomic E-state index is 0.310. The number of fused-ring (bicyclic) bond motifs is 1. The molecular formula is C17H20BrNO2. The molecule has 1 heterocycles. The zero-order chi connectivity index (χ0) is 14.8. The summed E-state index contributed by atoms with van der Waals surface area (Å²) in [6.07, 6.45) is 1.34. The molecule has 0 spiro atoms. The summed E-state index contributed by atoms with van der Waals surface area (Å²) in [7, 11) is 0. The third-order valence-corrected chi connectivity index (χ3v) is 4.62. The first-order chi connectivity index (χ1) is 10.2. The maximum absolute atomic E-state index is 10.3. The van der Waals surface area contributed by atoms with Crippen LogP contribution in [0.2, 0.25) is 0 Å². The number of benzene rings is 2. The molecule has 2 aromatic rings. The molecule has 0 amide bonds. The van der Waals surface area contributed by atoms with E-state index in [1.807, 2.05) is 12.1 Å². The Balaban J connectivity index is 1.90. The third kappa shape index (κ3) is 3.23. The fourth-order valence-electron chi connectivity index (χ4n) is 2.91. The summed E-state index contributed by atoms with van der Waals surface area (Å²) in [6, 6.07) is 9.95. The van der Waals surface area contributed by atoms with Crippen molar-refractivity contribution in [3.05, 3.63) is 40.4 Å². The number of hydrogen-bond acceptors (Lipinski definition) is 3. The van der Waals surface area contributed by atoms with Gasteiger partial charge in [0.25, 0.3) is 0 Å². The molecule has 1 atom stereocenters. The second-order valence-electron chi connectivity index (χ2n) is 5.56. The number of aromatic hydroxyl groups is 1. The van der Waals surface area contributed by atoms with Gasteiger partial charge in [-0.15, -0.1) is 0 Å². The Kier molecular flexibility index (Phi) is 4.48. The molecule has 0 unspecified atom stereocenters. The Labute approximate surface area is 133 Å². The molecule has 0 bridgehead atoms. The van der Waals surface area contributed by atoms with E-state index in [4.69, 9.17) is 4.74 Å². The Morgan fingerprint density at radius 2 is 2.19 bits per heavy atom. The minimum absolute atomic E-state index is 0.310. The van der Waals surface area contributed by atoms with Crippen LogP contribution >= 0.6 is 15.9 Å². The number of ether oxygens (including phenoxy) is 1. The summed E-state index contributed by atoms with van der Waals surface area (Å²) < 4.78 is 6.78. The zero-order valence-corrected chi connectivity index (χ0v) is 13.8. The lowest BCUT2D eigenvalue weighted by Gasteiger charge is -2.32. The largest absolute Gasteiger partial charge is 0.508 e. The molecule has 1 saturated heterocycles. The van der Waals surface area contributed by atoms with Gasteiger partial charge in [-0.3, -0.25) is 4.90 Å². The normalized spacial score (nSPS) is 20.0. The van der Waals surface area contributed by atoms with E-state index in [9.17, 15) is 5.11 Å². The Morgan fingerprint density at radius 3 is 3.00 bits per heavy atom. The molecule has 1 N–H and O–H groups in total. The summed E-state index contributed by atoms with van der Waals surface area (Å²) in [5.74, 6) is 0.379. The second kappa shape index (κ2) is 6.34. The minimum Gasteiger partial charge on any atom is -0.508 e. The van der Waals surface area contributed by atoms with Crippen LogP contribution in [0, 0.1) is 0 Å². The number of halogens is 1.